The minimum Gasteiger partial charge on any atom is -0.351 e. The molecule has 0 unspecified atom stereocenters. The summed E-state index contributed by atoms with van der Waals surface area (Å²) in [5, 5.41) is 3.94. The Bertz CT molecular complexity index is 853. The zero-order valence-corrected chi connectivity index (χ0v) is 13.4. The summed E-state index contributed by atoms with van der Waals surface area (Å²) in [4.78, 5) is 19.2. The van der Waals surface area contributed by atoms with Crippen LogP contribution in [0.1, 0.15) is 40.6 Å². The van der Waals surface area contributed by atoms with Gasteiger partial charge in [0.1, 0.15) is 5.82 Å². The van der Waals surface area contributed by atoms with E-state index in [0.717, 1.165) is 23.5 Å². The van der Waals surface area contributed by atoms with E-state index in [1.54, 1.807) is 12.3 Å². The molecule has 0 saturated carbocycles. The second-order valence-corrected chi connectivity index (χ2v) is 5.89. The van der Waals surface area contributed by atoms with Crippen molar-refractivity contribution in [3.8, 4) is 0 Å². The molecule has 24 heavy (non-hydrogen) atoms. The fourth-order valence-corrected chi connectivity index (χ4v) is 3.10. The van der Waals surface area contributed by atoms with Crippen LogP contribution in [0.25, 0.3) is 0 Å². The Kier molecular flexibility index (Phi) is 3.65. The van der Waals surface area contributed by atoms with Crippen molar-refractivity contribution in [3.63, 3.8) is 0 Å². The Morgan fingerprint density at radius 1 is 1.33 bits per heavy atom. The molecule has 0 bridgehead atoms. The van der Waals surface area contributed by atoms with E-state index >= 15 is 0 Å². The van der Waals surface area contributed by atoms with Gasteiger partial charge < -0.3 is 14.0 Å². The van der Waals surface area contributed by atoms with Gasteiger partial charge in [-0.25, -0.2) is 4.98 Å². The number of carbonyl (C=O) groups excluding carboxylic acids is 1. The SMILES string of the molecule is CCc1cc(C(=O)N2Cc3nccn3C[C@H]2c2ccccc2)on1. The quantitative estimate of drug-likeness (QED) is 0.744. The highest BCUT2D eigenvalue weighted by Gasteiger charge is 2.33. The summed E-state index contributed by atoms with van der Waals surface area (Å²) in [5.41, 5.74) is 1.88. The molecule has 4 rings (SSSR count). The largest absolute Gasteiger partial charge is 0.351 e. The van der Waals surface area contributed by atoms with Gasteiger partial charge in [-0.1, -0.05) is 42.4 Å². The van der Waals surface area contributed by atoms with Crippen molar-refractivity contribution in [1.29, 1.82) is 0 Å². The lowest BCUT2D eigenvalue weighted by Gasteiger charge is -2.35. The maximum Gasteiger partial charge on any atom is 0.293 e. The molecule has 1 aliphatic heterocycles. The van der Waals surface area contributed by atoms with E-state index in [4.69, 9.17) is 4.52 Å². The summed E-state index contributed by atoms with van der Waals surface area (Å²) in [5.74, 6) is 1.02. The maximum atomic E-state index is 13.0. The standard InChI is InChI=1S/C18H18N4O2/c1-2-14-10-16(24-20-14)18(23)22-12-17-19-8-9-21(17)11-15(22)13-6-4-3-5-7-13/h3-10,15H,2,11-12H2,1H3/t15-/m0/s1. The Balaban J connectivity index is 1.71. The molecule has 0 spiro atoms. The molecule has 3 aromatic rings. The van der Waals surface area contributed by atoms with E-state index in [2.05, 4.69) is 14.7 Å². The minimum absolute atomic E-state index is 0.0597. The van der Waals surface area contributed by atoms with Gasteiger partial charge in [-0.15, -0.1) is 0 Å². The van der Waals surface area contributed by atoms with E-state index in [0.29, 0.717) is 13.1 Å². The zero-order valence-electron chi connectivity index (χ0n) is 13.4. The second-order valence-electron chi connectivity index (χ2n) is 5.89. The van der Waals surface area contributed by atoms with Crippen LogP contribution >= 0.6 is 0 Å². The molecule has 2 aromatic heterocycles. The highest BCUT2D eigenvalue weighted by atomic mass is 16.5. The second kappa shape index (κ2) is 5.96. The molecule has 1 atom stereocenters. The Morgan fingerprint density at radius 2 is 2.17 bits per heavy atom. The lowest BCUT2D eigenvalue weighted by Crippen LogP contribution is -2.41. The van der Waals surface area contributed by atoms with Crippen molar-refractivity contribution in [2.45, 2.75) is 32.5 Å². The van der Waals surface area contributed by atoms with E-state index in [1.807, 2.05) is 48.4 Å². The third kappa shape index (κ3) is 2.50. The van der Waals surface area contributed by atoms with Crippen LogP contribution in [0.5, 0.6) is 0 Å². The van der Waals surface area contributed by atoms with Crippen LogP contribution in [-0.4, -0.2) is 25.5 Å². The number of hydrogen-bond donors (Lipinski definition) is 0. The Morgan fingerprint density at radius 3 is 2.92 bits per heavy atom. The Hall–Kier alpha value is -2.89. The van der Waals surface area contributed by atoms with Crippen molar-refractivity contribution < 1.29 is 9.32 Å². The van der Waals surface area contributed by atoms with Crippen LogP contribution in [0.15, 0.2) is 53.3 Å². The van der Waals surface area contributed by atoms with Gasteiger partial charge in [0.15, 0.2) is 0 Å². The highest BCUT2D eigenvalue weighted by Crippen LogP contribution is 2.30. The zero-order chi connectivity index (χ0) is 16.5. The van der Waals surface area contributed by atoms with Gasteiger partial charge in [0, 0.05) is 25.0 Å². The first-order valence-electron chi connectivity index (χ1n) is 8.07. The number of fused-ring (bicyclic) bond motifs is 1. The van der Waals surface area contributed by atoms with Crippen molar-refractivity contribution in [3.05, 3.63) is 71.6 Å². The molecule has 6 nitrogen and oxygen atoms in total. The average Bonchev–Trinajstić information content (AvgIpc) is 3.29. The van der Waals surface area contributed by atoms with Crippen LogP contribution in [0.2, 0.25) is 0 Å². The first-order chi connectivity index (χ1) is 11.8. The number of imidazole rings is 1. The minimum atomic E-state index is -0.148. The summed E-state index contributed by atoms with van der Waals surface area (Å²) in [6, 6.07) is 11.7. The van der Waals surface area contributed by atoms with Gasteiger partial charge in [-0.3, -0.25) is 4.79 Å². The summed E-state index contributed by atoms with van der Waals surface area (Å²) in [6.45, 7) is 3.12. The third-order valence-corrected chi connectivity index (χ3v) is 4.44. The predicted octanol–water partition coefficient (Wildman–Crippen LogP) is 2.83. The van der Waals surface area contributed by atoms with Gasteiger partial charge in [0.05, 0.1) is 18.3 Å². The van der Waals surface area contributed by atoms with Crippen molar-refractivity contribution >= 4 is 5.91 Å². The number of amides is 1. The first kappa shape index (κ1) is 14.7. The number of carbonyl (C=O) groups is 1. The average molecular weight is 322 g/mol. The molecule has 0 aliphatic carbocycles. The maximum absolute atomic E-state index is 13.0. The number of benzene rings is 1. The Labute approximate surface area is 139 Å². The summed E-state index contributed by atoms with van der Waals surface area (Å²) >= 11 is 0. The van der Waals surface area contributed by atoms with Crippen LogP contribution in [0.4, 0.5) is 0 Å². The molecule has 1 amide bonds. The molecule has 122 valence electrons. The predicted molar refractivity (Wildman–Crippen MR) is 87.2 cm³/mol. The lowest BCUT2D eigenvalue weighted by atomic mass is 10.0. The van der Waals surface area contributed by atoms with Crippen molar-refractivity contribution in [2.24, 2.45) is 0 Å². The van der Waals surface area contributed by atoms with E-state index in [9.17, 15) is 4.79 Å². The fraction of sp³-hybridized carbons (Fsp3) is 0.278. The van der Waals surface area contributed by atoms with Gasteiger partial charge in [-0.05, 0) is 12.0 Å². The van der Waals surface area contributed by atoms with Crippen molar-refractivity contribution in [2.75, 3.05) is 0 Å². The highest BCUT2D eigenvalue weighted by molar-refractivity contribution is 5.91. The molecule has 1 aromatic carbocycles. The number of hydrogen-bond acceptors (Lipinski definition) is 4. The van der Waals surface area contributed by atoms with Crippen LogP contribution in [0, 0.1) is 0 Å². The number of aryl methyl sites for hydroxylation is 1. The number of aromatic nitrogens is 3. The summed E-state index contributed by atoms with van der Waals surface area (Å²) in [6.07, 6.45) is 4.47. The molecule has 0 N–H and O–H groups in total. The molecule has 3 heterocycles. The summed E-state index contributed by atoms with van der Waals surface area (Å²) < 4.78 is 7.35. The molecule has 6 heteroatoms. The normalized spacial score (nSPS) is 16.9. The van der Waals surface area contributed by atoms with Crippen LogP contribution in [-0.2, 0) is 19.5 Å². The van der Waals surface area contributed by atoms with Crippen LogP contribution in [0.3, 0.4) is 0 Å². The molecule has 0 fully saturated rings. The van der Waals surface area contributed by atoms with E-state index < -0.39 is 0 Å². The van der Waals surface area contributed by atoms with Gasteiger partial charge in [-0.2, -0.15) is 0 Å². The molecule has 0 saturated heterocycles. The summed E-state index contributed by atoms with van der Waals surface area (Å²) in [7, 11) is 0. The molecule has 0 radical (unpaired) electrons. The first-order valence-corrected chi connectivity index (χ1v) is 8.07. The van der Waals surface area contributed by atoms with E-state index in [-0.39, 0.29) is 17.7 Å². The van der Waals surface area contributed by atoms with E-state index in [1.165, 1.54) is 0 Å². The van der Waals surface area contributed by atoms with Gasteiger partial charge in [0.2, 0.25) is 5.76 Å². The monoisotopic (exact) mass is 322 g/mol. The molecular formula is C18H18N4O2. The number of nitrogens with zero attached hydrogens (tertiary/aromatic N) is 4. The third-order valence-electron chi connectivity index (χ3n) is 4.44. The smallest absolute Gasteiger partial charge is 0.293 e. The fourth-order valence-electron chi connectivity index (χ4n) is 3.10. The van der Waals surface area contributed by atoms with Gasteiger partial charge in [0.25, 0.3) is 5.91 Å². The molecule has 1 aliphatic rings. The van der Waals surface area contributed by atoms with Crippen molar-refractivity contribution in [1.82, 2.24) is 19.6 Å². The van der Waals surface area contributed by atoms with Gasteiger partial charge >= 0.3 is 0 Å². The topological polar surface area (TPSA) is 64.2 Å². The number of rotatable bonds is 3. The van der Waals surface area contributed by atoms with Crippen LogP contribution < -0.4 is 0 Å². The lowest BCUT2D eigenvalue weighted by molar-refractivity contribution is 0.0542. The molecular weight excluding hydrogens is 304 g/mol.